The van der Waals surface area contributed by atoms with E-state index in [1.807, 2.05) is 0 Å². The highest BCUT2D eigenvalue weighted by molar-refractivity contribution is 8.07. The van der Waals surface area contributed by atoms with E-state index in [0.717, 1.165) is 0 Å². The first-order chi connectivity index (χ1) is 22.4. The van der Waals surface area contributed by atoms with Crippen LogP contribution in [0.25, 0.3) is 22.3 Å². The van der Waals surface area contributed by atoms with E-state index in [0.29, 0.717) is 0 Å². The second-order valence-corrected chi connectivity index (χ2v) is 15.1. The summed E-state index contributed by atoms with van der Waals surface area (Å²) in [6.07, 6.45) is -5.04. The maximum Gasteiger partial charge on any atom is 0.472 e. The van der Waals surface area contributed by atoms with Crippen molar-refractivity contribution in [1.82, 2.24) is 39.0 Å². The van der Waals surface area contributed by atoms with Gasteiger partial charge in [0.1, 0.15) is 36.3 Å². The van der Waals surface area contributed by atoms with Crippen molar-refractivity contribution in [2.24, 2.45) is 11.7 Å². The minimum absolute atomic E-state index is 0.0311. The Bertz CT molecular complexity index is 1980. The number of aromatic amines is 1. The van der Waals surface area contributed by atoms with Gasteiger partial charge in [-0.1, -0.05) is 0 Å². The molecule has 2 bridgehead atoms. The van der Waals surface area contributed by atoms with Gasteiger partial charge in [-0.2, -0.15) is 4.98 Å². The third-order valence-corrected chi connectivity index (χ3v) is 10.5. The van der Waals surface area contributed by atoms with Gasteiger partial charge in [0.05, 0.1) is 32.0 Å². The number of anilines is 2. The smallest absolute Gasteiger partial charge is 0.386 e. The molecule has 0 aliphatic carbocycles. The number of aliphatic hydroxyl groups is 1. The summed E-state index contributed by atoms with van der Waals surface area (Å²) in [6, 6.07) is 0. The molecule has 47 heavy (non-hydrogen) atoms. The van der Waals surface area contributed by atoms with Crippen LogP contribution in [0.2, 0.25) is 0 Å². The Labute approximate surface area is 268 Å². The van der Waals surface area contributed by atoms with Crippen LogP contribution in [0.15, 0.2) is 23.8 Å². The van der Waals surface area contributed by atoms with Crippen LogP contribution in [0, 0.1) is 5.92 Å². The number of hydrogen-bond donors (Lipinski definition) is 7. The number of fused-ring (bicyclic) bond motifs is 5. The van der Waals surface area contributed by atoms with Gasteiger partial charge < -0.3 is 50.6 Å². The van der Waals surface area contributed by atoms with E-state index >= 15 is 0 Å². The van der Waals surface area contributed by atoms with Gasteiger partial charge in [-0.05, 0) is 24.8 Å². The molecule has 0 aromatic carbocycles. The Balaban J connectivity index is 1.23. The molecule has 3 fully saturated rings. The molecule has 0 amide bonds. The largest absolute Gasteiger partial charge is 0.472 e. The average molecular weight is 718 g/mol. The fourth-order valence-electron chi connectivity index (χ4n) is 5.94. The van der Waals surface area contributed by atoms with Crippen LogP contribution in [-0.4, -0.2) is 104 Å². The number of aliphatic hydroxyl groups excluding tert-OH is 1. The Morgan fingerprint density at radius 2 is 1.66 bits per heavy atom. The van der Waals surface area contributed by atoms with Crippen molar-refractivity contribution in [3.05, 3.63) is 29.3 Å². The normalized spacial score (nSPS) is 36.6. The lowest BCUT2D eigenvalue weighted by Gasteiger charge is -2.28. The molecule has 4 aromatic rings. The number of H-pyrrole nitrogens is 1. The molecule has 4 unspecified atom stereocenters. The van der Waals surface area contributed by atoms with Gasteiger partial charge >= 0.3 is 14.5 Å². The van der Waals surface area contributed by atoms with E-state index in [2.05, 4.69) is 29.9 Å². The number of hydrogen-bond acceptors (Lipinski definition) is 18. The monoisotopic (exact) mass is 717 g/mol. The molecular weight excluding hydrogens is 688 g/mol. The molecule has 254 valence electrons. The fraction of sp³-hybridized carbons (Fsp3) is 0.545. The van der Waals surface area contributed by atoms with Gasteiger partial charge in [-0.25, -0.2) is 24.5 Å². The maximum atomic E-state index is 13.3. The molecule has 0 radical (unpaired) electrons. The van der Waals surface area contributed by atoms with Crippen molar-refractivity contribution in [2.75, 3.05) is 31.2 Å². The molecule has 0 spiro atoms. The molecule has 25 heteroatoms. The number of nitrogen functional groups attached to an aromatic ring is 2. The van der Waals surface area contributed by atoms with Crippen molar-refractivity contribution in [1.29, 1.82) is 0 Å². The summed E-state index contributed by atoms with van der Waals surface area (Å²) in [6.45, 7) is -5.18. The number of nitrogens with zero attached hydrogens (tertiary/aromatic N) is 7. The van der Waals surface area contributed by atoms with E-state index in [1.165, 1.54) is 28.1 Å². The van der Waals surface area contributed by atoms with Crippen molar-refractivity contribution in [3.8, 4) is 0 Å². The third-order valence-electron chi connectivity index (χ3n) is 8.00. The van der Waals surface area contributed by atoms with Gasteiger partial charge in [0, 0.05) is 5.92 Å². The quantitative estimate of drug-likeness (QED) is 0.117. The standard InChI is InChI=1S/C22H29N11O11P2S/c23-2-1-8-9-3-39-45(36,37)43-15-10(42-20(13(15)34)32-6-28-11-16(24)26-5-27-17(11)32)4-40-46(38,47)44-14(8)21(41-9)33-7-29-12-18(33)30-22(25)31-19(12)35/h5-10,13-15,20-21,34H,1-4,23H2,(H,36,37)(H,38,47)(H2,24,26,27)(H3,25,30,31,35)/t8?,9-,10-,13?,14+,15+,20-,21-,46?/m1/s1. The van der Waals surface area contributed by atoms with Crippen LogP contribution in [0.3, 0.4) is 0 Å². The second-order valence-electron chi connectivity index (χ2n) is 10.9. The molecule has 7 heterocycles. The number of aromatic nitrogens is 8. The minimum atomic E-state index is -4.95. The highest BCUT2D eigenvalue weighted by Crippen LogP contribution is 2.55. The Hall–Kier alpha value is -3.02. The Kier molecular flexibility index (Phi) is 8.40. The summed E-state index contributed by atoms with van der Waals surface area (Å²) in [5.41, 5.74) is 17.3. The van der Waals surface area contributed by atoms with E-state index in [-0.39, 0.29) is 47.1 Å². The second kappa shape index (κ2) is 12.1. The van der Waals surface area contributed by atoms with Gasteiger partial charge in [0.25, 0.3) is 5.56 Å². The van der Waals surface area contributed by atoms with Gasteiger partial charge in [-0.3, -0.25) is 28.0 Å². The zero-order valence-corrected chi connectivity index (χ0v) is 26.6. The Morgan fingerprint density at radius 3 is 2.43 bits per heavy atom. The molecule has 3 aliphatic heterocycles. The Morgan fingerprint density at radius 1 is 0.957 bits per heavy atom. The first kappa shape index (κ1) is 32.5. The molecule has 0 saturated carbocycles. The molecule has 4 aromatic heterocycles. The molecule has 22 nitrogen and oxygen atoms in total. The van der Waals surface area contributed by atoms with Crippen molar-refractivity contribution >= 4 is 60.4 Å². The molecule has 10 N–H and O–H groups in total. The number of ether oxygens (including phenoxy) is 2. The average Bonchev–Trinajstić information content (AvgIpc) is 3.76. The predicted octanol–water partition coefficient (Wildman–Crippen LogP) is -1.62. The van der Waals surface area contributed by atoms with Gasteiger partial charge in [0.15, 0.2) is 35.1 Å². The summed E-state index contributed by atoms with van der Waals surface area (Å²) in [5.74, 6) is -0.816. The molecule has 3 aliphatic rings. The topological polar surface area (TPSA) is 318 Å². The number of nitrogens with one attached hydrogen (secondary N) is 1. The van der Waals surface area contributed by atoms with Crippen molar-refractivity contribution < 1.29 is 47.0 Å². The summed E-state index contributed by atoms with van der Waals surface area (Å²) in [4.78, 5) is 57.4. The summed E-state index contributed by atoms with van der Waals surface area (Å²) >= 11 is 5.38. The number of imidazole rings is 2. The third kappa shape index (κ3) is 5.97. The molecule has 3 saturated heterocycles. The lowest BCUT2D eigenvalue weighted by atomic mass is 9.94. The zero-order chi connectivity index (χ0) is 33.2. The number of nitrogens with two attached hydrogens (primary N) is 3. The minimum Gasteiger partial charge on any atom is -0.386 e. The zero-order valence-electron chi connectivity index (χ0n) is 24.0. The van der Waals surface area contributed by atoms with E-state index in [4.69, 9.17) is 56.6 Å². The SMILES string of the molecule is NCCC1[C@H]2COP(=O)(O)O[C@@H]3C(O)[C@H](n4cnc5c(N)ncnc54)O[C@@H]3COP(O)(=S)O[C@@H]1[C@H](n1cnc3c(=O)[nH]c(N)nc31)O2. The van der Waals surface area contributed by atoms with Crippen LogP contribution in [-0.2, 0) is 43.9 Å². The van der Waals surface area contributed by atoms with Gasteiger partial charge in [0.2, 0.25) is 5.95 Å². The van der Waals surface area contributed by atoms with Crippen LogP contribution in [0.5, 0.6) is 0 Å². The lowest BCUT2D eigenvalue weighted by Crippen LogP contribution is -2.36. The highest BCUT2D eigenvalue weighted by Gasteiger charge is 2.53. The summed E-state index contributed by atoms with van der Waals surface area (Å²) in [5, 5.41) is 11.3. The van der Waals surface area contributed by atoms with Gasteiger partial charge in [-0.15, -0.1) is 0 Å². The summed E-state index contributed by atoms with van der Waals surface area (Å²) < 4.78 is 50.8. The first-order valence-electron chi connectivity index (χ1n) is 14.0. The maximum absolute atomic E-state index is 13.3. The van der Waals surface area contributed by atoms with E-state index < -0.39 is 82.2 Å². The van der Waals surface area contributed by atoms with Crippen molar-refractivity contribution in [3.63, 3.8) is 0 Å². The number of phosphoric acid groups is 1. The predicted molar refractivity (Wildman–Crippen MR) is 161 cm³/mol. The fourth-order valence-corrected chi connectivity index (χ4v) is 8.35. The molecule has 7 rings (SSSR count). The van der Waals surface area contributed by atoms with E-state index in [1.54, 1.807) is 0 Å². The molecular formula is C22H29N11O11P2S. The summed E-state index contributed by atoms with van der Waals surface area (Å²) in [7, 11) is -4.95. The van der Waals surface area contributed by atoms with Crippen LogP contribution < -0.4 is 22.8 Å². The first-order valence-corrected chi connectivity index (χ1v) is 18.1. The van der Waals surface area contributed by atoms with Crippen molar-refractivity contribution in [2.45, 2.75) is 49.4 Å². The van der Waals surface area contributed by atoms with Crippen LogP contribution in [0.4, 0.5) is 11.8 Å². The highest BCUT2D eigenvalue weighted by atomic mass is 32.5. The van der Waals surface area contributed by atoms with Crippen LogP contribution >= 0.6 is 14.5 Å². The van der Waals surface area contributed by atoms with Crippen LogP contribution in [0.1, 0.15) is 18.9 Å². The lowest BCUT2D eigenvalue weighted by molar-refractivity contribution is -0.0631. The van der Waals surface area contributed by atoms with E-state index in [9.17, 15) is 24.3 Å². The number of rotatable bonds is 4. The number of phosphoric ester groups is 1. The molecule has 10 atom stereocenters.